The van der Waals surface area contributed by atoms with Crippen LogP contribution in [0.3, 0.4) is 0 Å². The number of fused-ring (bicyclic) bond motifs is 3. The van der Waals surface area contributed by atoms with Crippen LogP contribution in [0.5, 0.6) is 0 Å². The molecule has 4 aliphatic rings. The number of hydrogen-bond acceptors (Lipinski definition) is 9. The highest BCUT2D eigenvalue weighted by molar-refractivity contribution is 6.00. The number of hydrogen-bond donors (Lipinski definition) is 2. The molecule has 0 bridgehead atoms. The highest BCUT2D eigenvalue weighted by atomic mass is 19.1. The lowest BCUT2D eigenvalue weighted by atomic mass is 9.83. The number of halogens is 2. The first-order valence-electron chi connectivity index (χ1n) is 22.7. The second-order valence-electron chi connectivity index (χ2n) is 19.8. The van der Waals surface area contributed by atoms with E-state index in [4.69, 9.17) is 14.4 Å². The summed E-state index contributed by atoms with van der Waals surface area (Å²) in [7, 11) is 1.72. The van der Waals surface area contributed by atoms with Crippen LogP contribution in [-0.2, 0) is 23.7 Å². The van der Waals surface area contributed by atoms with Crippen molar-refractivity contribution in [2.24, 2.45) is 13.0 Å². The van der Waals surface area contributed by atoms with Crippen LogP contribution in [0.4, 0.5) is 8.78 Å². The minimum absolute atomic E-state index is 0.0168. The van der Waals surface area contributed by atoms with Crippen molar-refractivity contribution < 1.29 is 22.8 Å². The van der Waals surface area contributed by atoms with Crippen LogP contribution >= 0.6 is 0 Å². The Hall–Kier alpha value is -6.92. The first kappa shape index (κ1) is 41.5. The average molecular weight is 910 g/mol. The molecule has 2 N–H and O–H groups in total. The number of aromatic nitrogens is 9. The van der Waals surface area contributed by atoms with Crippen molar-refractivity contribution >= 4 is 27.7 Å². The number of rotatable bonds is 7. The van der Waals surface area contributed by atoms with E-state index in [2.05, 4.69) is 59.5 Å². The van der Waals surface area contributed by atoms with Gasteiger partial charge in [0, 0.05) is 55.5 Å². The highest BCUT2D eigenvalue weighted by Gasteiger charge is 2.61. The van der Waals surface area contributed by atoms with E-state index in [1.807, 2.05) is 22.5 Å². The van der Waals surface area contributed by atoms with Gasteiger partial charge in [-0.1, -0.05) is 18.1 Å². The van der Waals surface area contributed by atoms with E-state index in [1.165, 1.54) is 21.5 Å². The lowest BCUT2D eigenvalue weighted by Gasteiger charge is -2.40. The fraction of sp³-hybridized carbons (Fsp3) is 0.388. The highest BCUT2D eigenvalue weighted by Crippen LogP contribution is 2.56. The first-order chi connectivity index (χ1) is 32.0. The number of nitrogens with zero attached hydrogens (tertiary/aromatic N) is 9. The largest absolute Gasteiger partial charge is 0.438 e. The van der Waals surface area contributed by atoms with Crippen LogP contribution in [-0.4, -0.2) is 78.6 Å². The molecule has 0 radical (unpaired) electrons. The molecule has 1 aliphatic carbocycles. The molecule has 12 rings (SSSR count). The lowest BCUT2D eigenvalue weighted by molar-refractivity contribution is -0.0592. The van der Waals surface area contributed by atoms with Crippen molar-refractivity contribution in [2.45, 2.75) is 96.0 Å². The third kappa shape index (κ3) is 6.00. The first-order valence-corrected chi connectivity index (χ1v) is 22.7. The predicted octanol–water partition coefficient (Wildman–Crippen LogP) is 6.74. The van der Waals surface area contributed by atoms with Gasteiger partial charge < -0.3 is 14.2 Å². The molecule has 3 aliphatic heterocycles. The molecule has 1 spiro atoms. The zero-order valence-corrected chi connectivity index (χ0v) is 38.1. The number of nitrogens with one attached hydrogen (secondary N) is 2. The minimum atomic E-state index is -0.881. The van der Waals surface area contributed by atoms with Crippen LogP contribution in [0.15, 0.2) is 81.2 Å². The van der Waals surface area contributed by atoms with Crippen molar-refractivity contribution in [1.82, 2.24) is 53.6 Å². The van der Waals surface area contributed by atoms with E-state index in [-0.39, 0.29) is 40.2 Å². The predicted molar refractivity (Wildman–Crippen MR) is 243 cm³/mol. The molecule has 5 aromatic heterocycles. The van der Waals surface area contributed by atoms with Gasteiger partial charge in [-0.05, 0) is 125 Å². The molecule has 8 heterocycles. The summed E-state index contributed by atoms with van der Waals surface area (Å²) >= 11 is 0. The fourth-order valence-corrected chi connectivity index (χ4v) is 11.5. The number of imidazole rings is 1. The van der Waals surface area contributed by atoms with E-state index in [0.29, 0.717) is 76.9 Å². The lowest BCUT2D eigenvalue weighted by Crippen LogP contribution is -2.52. The van der Waals surface area contributed by atoms with Crippen molar-refractivity contribution in [2.75, 3.05) is 13.2 Å². The zero-order chi connectivity index (χ0) is 46.6. The van der Waals surface area contributed by atoms with Crippen LogP contribution in [0.2, 0.25) is 0 Å². The molecule has 18 heteroatoms. The summed E-state index contributed by atoms with van der Waals surface area (Å²) in [6.45, 7) is 12.7. The Morgan fingerprint density at radius 3 is 2.36 bits per heavy atom. The Balaban J connectivity index is 1.03. The topological polar surface area (TPSA) is 178 Å². The molecule has 344 valence electrons. The van der Waals surface area contributed by atoms with Crippen LogP contribution < -0.4 is 16.8 Å². The number of aryl methyl sites for hydroxylation is 3. The Kier molecular flexibility index (Phi) is 8.71. The van der Waals surface area contributed by atoms with Gasteiger partial charge in [0.1, 0.15) is 28.5 Å². The van der Waals surface area contributed by atoms with Crippen LogP contribution in [0, 0.1) is 31.4 Å². The SMILES string of the molecule is Cc1cc(-n2nc3c(c2-n2ccn(-c4ccc5c(cnn5C)c4F)c2=O)[C@H](C)N(C(=O)c2cc4cc([C@H]5CCOC(C)(C)C5)ccc4n2[C@@]2(c4noc(=O)[nH]4)C[C@@H]2C)C2(CN2)C3)cc(C)c1F. The third-order valence-corrected chi connectivity index (χ3v) is 15.0. The van der Waals surface area contributed by atoms with Gasteiger partial charge in [0.25, 0.3) is 5.91 Å². The third-order valence-electron chi connectivity index (χ3n) is 15.0. The Bertz CT molecular complexity index is 3500. The van der Waals surface area contributed by atoms with E-state index >= 15 is 13.6 Å². The molecule has 8 aromatic rings. The van der Waals surface area contributed by atoms with Gasteiger partial charge in [0.2, 0.25) is 0 Å². The second-order valence-corrected chi connectivity index (χ2v) is 19.8. The maximum absolute atomic E-state index is 16.2. The molecule has 2 saturated heterocycles. The zero-order valence-electron chi connectivity index (χ0n) is 38.1. The van der Waals surface area contributed by atoms with E-state index < -0.39 is 34.5 Å². The van der Waals surface area contributed by atoms with Crippen molar-refractivity contribution in [3.05, 3.63) is 139 Å². The van der Waals surface area contributed by atoms with Gasteiger partial charge >= 0.3 is 11.4 Å². The van der Waals surface area contributed by atoms with E-state index in [9.17, 15) is 9.59 Å². The summed E-state index contributed by atoms with van der Waals surface area (Å²) in [5.74, 6) is -0.989. The fourth-order valence-electron chi connectivity index (χ4n) is 11.5. The number of carbonyl (C=O) groups excluding carboxylic acids is 1. The standard InChI is InChI=1S/C49H49F2N11O5/c1-25-16-32(17-26(2)40(25)50)62-42(59-14-13-58(46(59)65)37-11-10-36-33(41(37)51)23-53-57(36)7)39-28(4)60(48(24-52-48)22-34(39)55-62)43(63)38-19-31-18-29(30-12-15-66-47(5,6)21-30)8-9-35(31)61(38)49(20-27(49)3)44-54-45(64)67-56-44/h8-11,13-14,16-19,23,27-28,30,52H,12,15,20-22,24H2,1-7H3,(H,54,56,64)/t27-,28-,30-,48?,49-/m0/s1. The van der Waals surface area contributed by atoms with Crippen LogP contribution in [0.25, 0.3) is 39.0 Å². The number of aromatic amines is 1. The number of carbonyl (C=O) groups is 1. The Labute approximate surface area is 381 Å². The molecule has 16 nitrogen and oxygen atoms in total. The average Bonchev–Trinajstić information content (AvgIpc) is 3.71. The monoisotopic (exact) mass is 909 g/mol. The smallest absolute Gasteiger partial charge is 0.376 e. The normalized spacial score (nSPS) is 24.3. The second kappa shape index (κ2) is 14.1. The molecule has 67 heavy (non-hydrogen) atoms. The molecule has 3 fully saturated rings. The molecule has 1 amide bonds. The quantitative estimate of drug-likeness (QED) is 0.164. The van der Waals surface area contributed by atoms with Crippen molar-refractivity contribution in [3.8, 4) is 17.2 Å². The molecular weight excluding hydrogens is 861 g/mol. The van der Waals surface area contributed by atoms with Gasteiger partial charge in [0.15, 0.2) is 11.6 Å². The molecule has 1 saturated carbocycles. The van der Waals surface area contributed by atoms with Crippen molar-refractivity contribution in [1.29, 1.82) is 0 Å². The van der Waals surface area contributed by atoms with Gasteiger partial charge in [-0.2, -0.15) is 10.2 Å². The number of benzene rings is 3. The molecule has 1 unspecified atom stereocenters. The summed E-state index contributed by atoms with van der Waals surface area (Å²) in [5, 5.41) is 18.2. The van der Waals surface area contributed by atoms with Gasteiger partial charge in [-0.25, -0.2) is 23.1 Å². The van der Waals surface area contributed by atoms with E-state index in [0.717, 1.165) is 29.3 Å². The summed E-state index contributed by atoms with van der Waals surface area (Å²) in [4.78, 5) is 47.9. The van der Waals surface area contributed by atoms with Gasteiger partial charge in [-0.15, -0.1) is 0 Å². The maximum atomic E-state index is 16.2. The number of amides is 1. The van der Waals surface area contributed by atoms with Crippen molar-refractivity contribution in [3.63, 3.8) is 0 Å². The van der Waals surface area contributed by atoms with Gasteiger partial charge in [0.05, 0.1) is 45.8 Å². The Morgan fingerprint density at radius 1 is 0.940 bits per heavy atom. The molecular formula is C49H49F2N11O5. The van der Waals surface area contributed by atoms with Gasteiger partial charge in [-0.3, -0.25) is 33.4 Å². The minimum Gasteiger partial charge on any atom is -0.376 e. The van der Waals surface area contributed by atoms with Crippen LogP contribution in [0.1, 0.15) is 103 Å². The molecule has 3 aromatic carbocycles. The number of H-pyrrole nitrogens is 1. The summed E-state index contributed by atoms with van der Waals surface area (Å²) < 4.78 is 50.5. The summed E-state index contributed by atoms with van der Waals surface area (Å²) in [6.07, 6.45) is 7.11. The molecule has 5 atom stereocenters. The van der Waals surface area contributed by atoms with E-state index in [1.54, 1.807) is 60.7 Å². The Morgan fingerprint density at radius 2 is 1.67 bits per heavy atom. The maximum Gasteiger partial charge on any atom is 0.438 e. The number of ether oxygens (including phenoxy) is 1. The summed E-state index contributed by atoms with van der Waals surface area (Å²) in [5.41, 5.74) is 2.98. The summed E-state index contributed by atoms with van der Waals surface area (Å²) in [6, 6.07) is 14.2.